The summed E-state index contributed by atoms with van der Waals surface area (Å²) in [6.45, 7) is 2.41. The first kappa shape index (κ1) is 21.7. The van der Waals surface area contributed by atoms with Crippen LogP contribution in [0, 0.1) is 11.2 Å². The summed E-state index contributed by atoms with van der Waals surface area (Å²) in [6.07, 6.45) is 6.60. The topological polar surface area (TPSA) is 58.2 Å². The van der Waals surface area contributed by atoms with E-state index in [4.69, 9.17) is 0 Å². The van der Waals surface area contributed by atoms with Crippen LogP contribution < -0.4 is 10.6 Å². The molecular weight excluding hydrogens is 391 g/mol. The Balaban J connectivity index is 1.26. The van der Waals surface area contributed by atoms with Gasteiger partial charge in [-0.1, -0.05) is 24.3 Å². The van der Waals surface area contributed by atoms with Gasteiger partial charge in [-0.15, -0.1) is 0 Å². The lowest BCUT2D eigenvalue weighted by Gasteiger charge is -2.42. The number of hydrogen-bond acceptors (Lipinski definition) is 3. The first-order chi connectivity index (χ1) is 15.0. The fraction of sp³-hybridized carbons (Fsp3) is 0.462. The zero-order valence-electron chi connectivity index (χ0n) is 18.1. The zero-order valence-corrected chi connectivity index (χ0v) is 18.1. The number of Topliss-reactive ketones (excluding diaryl/α,β-unsaturated/α-hetero) is 1. The second-order valence-corrected chi connectivity index (χ2v) is 9.13. The summed E-state index contributed by atoms with van der Waals surface area (Å²) in [7, 11) is 0. The van der Waals surface area contributed by atoms with E-state index in [1.54, 1.807) is 19.1 Å². The molecule has 1 amide bonds. The van der Waals surface area contributed by atoms with Crippen LogP contribution in [0.1, 0.15) is 73.0 Å². The van der Waals surface area contributed by atoms with Crippen LogP contribution in [0.2, 0.25) is 0 Å². The van der Waals surface area contributed by atoms with Crippen LogP contribution in [0.5, 0.6) is 0 Å². The summed E-state index contributed by atoms with van der Waals surface area (Å²) in [4.78, 5) is 24.1. The Morgan fingerprint density at radius 2 is 1.77 bits per heavy atom. The normalized spacial score (nSPS) is 24.7. The van der Waals surface area contributed by atoms with E-state index < -0.39 is 0 Å². The van der Waals surface area contributed by atoms with Gasteiger partial charge in [0.05, 0.1) is 6.04 Å². The smallest absolute Gasteiger partial charge is 0.217 e. The molecule has 2 aliphatic carbocycles. The summed E-state index contributed by atoms with van der Waals surface area (Å²) in [6, 6.07) is 14.8. The van der Waals surface area contributed by atoms with E-state index in [0.29, 0.717) is 18.0 Å². The molecule has 0 bridgehead atoms. The van der Waals surface area contributed by atoms with Gasteiger partial charge in [-0.25, -0.2) is 4.39 Å². The number of ketones is 1. The van der Waals surface area contributed by atoms with Crippen LogP contribution in [0.25, 0.3) is 0 Å². The van der Waals surface area contributed by atoms with Crippen molar-refractivity contribution in [3.05, 3.63) is 71.0 Å². The molecule has 0 aliphatic heterocycles. The molecular formula is C26H31FN2O2. The molecule has 0 heterocycles. The van der Waals surface area contributed by atoms with Gasteiger partial charge in [0.1, 0.15) is 5.82 Å². The standard InChI is InChI=1S/C26H31FN2O2/c1-18(30)29-25-23-6-3-2-5-20(23)17-26(25)14-12-22(13-15-26)28-16-4-7-24(31)19-8-10-21(27)11-9-19/h2-3,5-6,8-11,22,25,28H,4,7,12-17H2,1H3,(H,29,30). The van der Waals surface area contributed by atoms with Crippen molar-refractivity contribution in [3.8, 4) is 0 Å². The maximum absolute atomic E-state index is 13.0. The van der Waals surface area contributed by atoms with Crippen molar-refractivity contribution < 1.29 is 14.0 Å². The summed E-state index contributed by atoms with van der Waals surface area (Å²) in [5.41, 5.74) is 3.34. The van der Waals surface area contributed by atoms with E-state index in [-0.39, 0.29) is 29.0 Å². The first-order valence-corrected chi connectivity index (χ1v) is 11.3. The van der Waals surface area contributed by atoms with E-state index in [1.807, 2.05) is 0 Å². The van der Waals surface area contributed by atoms with Gasteiger partial charge in [0, 0.05) is 24.9 Å². The van der Waals surface area contributed by atoms with Gasteiger partial charge in [-0.05, 0) is 85.9 Å². The molecule has 0 saturated heterocycles. The Morgan fingerprint density at radius 1 is 1.06 bits per heavy atom. The molecule has 4 nitrogen and oxygen atoms in total. The van der Waals surface area contributed by atoms with Crippen molar-refractivity contribution in [1.82, 2.24) is 10.6 Å². The zero-order chi connectivity index (χ0) is 21.8. The predicted octanol–water partition coefficient (Wildman–Crippen LogP) is 4.74. The first-order valence-electron chi connectivity index (χ1n) is 11.3. The van der Waals surface area contributed by atoms with Crippen molar-refractivity contribution in [2.24, 2.45) is 5.41 Å². The quantitative estimate of drug-likeness (QED) is 0.501. The Kier molecular flexibility index (Phi) is 6.51. The number of amides is 1. The number of carbonyl (C=O) groups is 2. The lowest BCUT2D eigenvalue weighted by Crippen LogP contribution is -2.44. The van der Waals surface area contributed by atoms with Gasteiger partial charge in [-0.3, -0.25) is 9.59 Å². The largest absolute Gasteiger partial charge is 0.349 e. The highest BCUT2D eigenvalue weighted by molar-refractivity contribution is 5.95. The second kappa shape index (κ2) is 9.31. The fourth-order valence-corrected chi connectivity index (χ4v) is 5.42. The number of carbonyl (C=O) groups excluding carboxylic acids is 2. The molecule has 1 unspecified atom stereocenters. The minimum Gasteiger partial charge on any atom is -0.349 e. The molecule has 1 atom stereocenters. The van der Waals surface area contributed by atoms with Crippen LogP contribution in [0.3, 0.4) is 0 Å². The predicted molar refractivity (Wildman–Crippen MR) is 119 cm³/mol. The number of halogens is 1. The lowest BCUT2D eigenvalue weighted by molar-refractivity contribution is -0.120. The molecule has 2 N–H and O–H groups in total. The third-order valence-electron chi connectivity index (χ3n) is 7.03. The number of hydrogen-bond donors (Lipinski definition) is 2. The van der Waals surface area contributed by atoms with E-state index in [9.17, 15) is 14.0 Å². The van der Waals surface area contributed by atoms with Crippen molar-refractivity contribution in [1.29, 1.82) is 0 Å². The summed E-state index contributed by atoms with van der Waals surface area (Å²) < 4.78 is 13.0. The molecule has 1 fully saturated rings. The molecule has 2 aromatic carbocycles. The van der Waals surface area contributed by atoms with Gasteiger partial charge in [0.2, 0.25) is 5.91 Å². The Hall–Kier alpha value is -2.53. The average molecular weight is 423 g/mol. The summed E-state index contributed by atoms with van der Waals surface area (Å²) >= 11 is 0. The van der Waals surface area contributed by atoms with Crippen LogP contribution >= 0.6 is 0 Å². The Labute approximate surface area is 183 Å². The van der Waals surface area contributed by atoms with Gasteiger partial charge < -0.3 is 10.6 Å². The third-order valence-corrected chi connectivity index (χ3v) is 7.03. The molecule has 2 aliphatic rings. The molecule has 1 saturated carbocycles. The van der Waals surface area contributed by atoms with Gasteiger partial charge >= 0.3 is 0 Å². The summed E-state index contributed by atoms with van der Waals surface area (Å²) in [5, 5.41) is 6.86. The third kappa shape index (κ3) is 4.87. The van der Waals surface area contributed by atoms with Crippen LogP contribution in [-0.2, 0) is 11.2 Å². The fourth-order valence-electron chi connectivity index (χ4n) is 5.42. The molecule has 5 heteroatoms. The molecule has 4 rings (SSSR count). The number of nitrogens with one attached hydrogen (secondary N) is 2. The minimum atomic E-state index is -0.320. The van der Waals surface area contributed by atoms with E-state index in [2.05, 4.69) is 34.9 Å². The Morgan fingerprint density at radius 3 is 2.48 bits per heavy atom. The highest BCUT2D eigenvalue weighted by atomic mass is 19.1. The molecule has 2 aromatic rings. The number of fused-ring (bicyclic) bond motifs is 1. The summed E-state index contributed by atoms with van der Waals surface area (Å²) in [5.74, 6) is -0.224. The van der Waals surface area contributed by atoms with Gasteiger partial charge in [0.15, 0.2) is 5.78 Å². The van der Waals surface area contributed by atoms with E-state index in [0.717, 1.165) is 45.1 Å². The maximum Gasteiger partial charge on any atom is 0.217 e. The van der Waals surface area contributed by atoms with Crippen molar-refractivity contribution in [2.45, 2.75) is 64.0 Å². The number of benzene rings is 2. The van der Waals surface area contributed by atoms with Crippen molar-refractivity contribution in [3.63, 3.8) is 0 Å². The van der Waals surface area contributed by atoms with Crippen molar-refractivity contribution in [2.75, 3.05) is 6.54 Å². The average Bonchev–Trinajstić information content (AvgIpc) is 3.05. The van der Waals surface area contributed by atoms with Gasteiger partial charge in [-0.2, -0.15) is 0 Å². The molecule has 1 spiro atoms. The Bertz CT molecular complexity index is 933. The van der Waals surface area contributed by atoms with E-state index >= 15 is 0 Å². The van der Waals surface area contributed by atoms with Crippen LogP contribution in [0.15, 0.2) is 48.5 Å². The second-order valence-electron chi connectivity index (χ2n) is 9.13. The van der Waals surface area contributed by atoms with Crippen LogP contribution in [-0.4, -0.2) is 24.3 Å². The molecule has 0 radical (unpaired) electrons. The molecule has 31 heavy (non-hydrogen) atoms. The van der Waals surface area contributed by atoms with Gasteiger partial charge in [0.25, 0.3) is 0 Å². The maximum atomic E-state index is 13.0. The molecule has 0 aromatic heterocycles. The minimum absolute atomic E-state index is 0.0344. The van der Waals surface area contributed by atoms with Crippen LogP contribution in [0.4, 0.5) is 4.39 Å². The lowest BCUT2D eigenvalue weighted by atomic mass is 9.68. The van der Waals surface area contributed by atoms with E-state index in [1.165, 1.54) is 23.3 Å². The van der Waals surface area contributed by atoms with Crippen molar-refractivity contribution >= 4 is 11.7 Å². The monoisotopic (exact) mass is 422 g/mol. The highest BCUT2D eigenvalue weighted by Crippen LogP contribution is 2.53. The SMILES string of the molecule is CC(=O)NC1c2ccccc2CC12CCC(NCCCC(=O)c1ccc(F)cc1)CC2. The number of rotatable bonds is 7. The molecule has 164 valence electrons. The highest BCUT2D eigenvalue weighted by Gasteiger charge is 2.47.